The first-order valence-corrected chi connectivity index (χ1v) is 7.75. The summed E-state index contributed by atoms with van der Waals surface area (Å²) in [4.78, 5) is 11.4. The van der Waals surface area contributed by atoms with E-state index in [1.807, 2.05) is 6.08 Å². The summed E-state index contributed by atoms with van der Waals surface area (Å²) in [5, 5.41) is 12.7. The van der Waals surface area contributed by atoms with E-state index >= 15 is 0 Å². The van der Waals surface area contributed by atoms with Gasteiger partial charge in [-0.15, -0.1) is 19.0 Å². The molecule has 3 nitrogen and oxygen atoms in total. The first kappa shape index (κ1) is 19.5. The summed E-state index contributed by atoms with van der Waals surface area (Å²) in [6, 6.07) is -0.0671. The smallest absolute Gasteiger partial charge is 0.320 e. The molecular formula is C16H30ClNO2. The second-order valence-electron chi connectivity index (χ2n) is 5.85. The molecule has 0 radical (unpaired) electrons. The summed E-state index contributed by atoms with van der Waals surface area (Å²) in [6.07, 6.45) is 12.1. The molecule has 0 bridgehead atoms. The molecule has 0 aliphatic heterocycles. The number of carboxylic acids is 1. The highest BCUT2D eigenvalue weighted by atomic mass is 35.5. The molecule has 0 spiro atoms. The molecule has 1 rings (SSSR count). The van der Waals surface area contributed by atoms with Crippen LogP contribution in [-0.2, 0) is 4.79 Å². The molecule has 1 unspecified atom stereocenters. The van der Waals surface area contributed by atoms with Crippen molar-refractivity contribution in [3.63, 3.8) is 0 Å². The third-order valence-electron chi connectivity index (χ3n) is 4.15. The van der Waals surface area contributed by atoms with E-state index in [0.717, 1.165) is 38.5 Å². The van der Waals surface area contributed by atoms with E-state index in [4.69, 9.17) is 0 Å². The summed E-state index contributed by atoms with van der Waals surface area (Å²) in [6.45, 7) is 5.82. The number of allylic oxidation sites excluding steroid dienone is 1. The fraction of sp³-hybridized carbons (Fsp3) is 0.812. The topological polar surface area (TPSA) is 49.3 Å². The van der Waals surface area contributed by atoms with E-state index in [0.29, 0.717) is 5.92 Å². The zero-order chi connectivity index (χ0) is 14.1. The Bertz CT molecular complexity index is 278. The number of carbonyl (C=O) groups is 1. The zero-order valence-electron chi connectivity index (χ0n) is 12.6. The van der Waals surface area contributed by atoms with Crippen LogP contribution < -0.4 is 5.32 Å². The molecule has 2 atom stereocenters. The lowest BCUT2D eigenvalue weighted by Crippen LogP contribution is -2.47. The number of hydrogen-bond donors (Lipinski definition) is 2. The molecule has 0 aromatic carbocycles. The van der Waals surface area contributed by atoms with Crippen LogP contribution in [0.2, 0.25) is 0 Å². The number of carboxylic acid groups (broad SMARTS) is 1. The van der Waals surface area contributed by atoms with Crippen LogP contribution in [0.25, 0.3) is 0 Å². The maximum Gasteiger partial charge on any atom is 0.320 e. The molecule has 0 amide bonds. The van der Waals surface area contributed by atoms with Crippen molar-refractivity contribution in [2.75, 3.05) is 0 Å². The number of nitrogens with one attached hydrogen (secondary N) is 1. The molecule has 1 aliphatic rings. The van der Waals surface area contributed by atoms with Gasteiger partial charge in [0.05, 0.1) is 0 Å². The third-order valence-corrected chi connectivity index (χ3v) is 4.15. The Morgan fingerprint density at radius 3 is 2.55 bits per heavy atom. The van der Waals surface area contributed by atoms with E-state index in [1.54, 1.807) is 0 Å². The second kappa shape index (κ2) is 11.2. The molecule has 0 heterocycles. The molecule has 20 heavy (non-hydrogen) atoms. The van der Waals surface area contributed by atoms with E-state index < -0.39 is 5.97 Å². The molecule has 1 fully saturated rings. The van der Waals surface area contributed by atoms with Gasteiger partial charge in [0, 0.05) is 6.04 Å². The van der Waals surface area contributed by atoms with Gasteiger partial charge < -0.3 is 10.4 Å². The molecule has 4 heteroatoms. The number of aliphatic carboxylic acids is 1. The Morgan fingerprint density at radius 2 is 2.00 bits per heavy atom. The van der Waals surface area contributed by atoms with Crippen molar-refractivity contribution >= 4 is 18.4 Å². The van der Waals surface area contributed by atoms with E-state index in [9.17, 15) is 9.90 Å². The van der Waals surface area contributed by atoms with Gasteiger partial charge in [0.2, 0.25) is 0 Å². The van der Waals surface area contributed by atoms with Crippen LogP contribution in [0.5, 0.6) is 0 Å². The van der Waals surface area contributed by atoms with Gasteiger partial charge in [-0.1, -0.05) is 31.8 Å². The monoisotopic (exact) mass is 303 g/mol. The normalized spacial score (nSPS) is 18.9. The van der Waals surface area contributed by atoms with Crippen LogP contribution in [0.15, 0.2) is 12.7 Å². The zero-order valence-corrected chi connectivity index (χ0v) is 13.5. The predicted molar refractivity (Wildman–Crippen MR) is 86.5 cm³/mol. The van der Waals surface area contributed by atoms with Crippen LogP contribution >= 0.6 is 12.4 Å². The predicted octanol–water partition coefficient (Wildman–Crippen LogP) is 4.17. The Labute approximate surface area is 129 Å². The molecule has 118 valence electrons. The molecule has 0 aromatic heterocycles. The van der Waals surface area contributed by atoms with Gasteiger partial charge in [0.25, 0.3) is 0 Å². The minimum Gasteiger partial charge on any atom is -0.480 e. The molecule has 1 saturated carbocycles. The summed E-state index contributed by atoms with van der Waals surface area (Å²) >= 11 is 0. The molecule has 0 aromatic rings. The highest BCUT2D eigenvalue weighted by Gasteiger charge is 2.29. The van der Waals surface area contributed by atoms with Gasteiger partial charge in [-0.2, -0.15) is 0 Å². The standard InChI is InChI=1S/C16H29NO2.ClH/c1-3-4-5-7-10-13(2)17-15(16(18)19)14-11-8-6-9-12-14;/h3,13-15,17H,1,4-12H2,2H3,(H,18,19);1H/t13-,15?;/m0./s1. The number of hydrogen-bond acceptors (Lipinski definition) is 2. The second-order valence-corrected chi connectivity index (χ2v) is 5.85. The minimum atomic E-state index is -0.676. The van der Waals surface area contributed by atoms with Crippen molar-refractivity contribution in [3.05, 3.63) is 12.7 Å². The lowest BCUT2D eigenvalue weighted by atomic mass is 9.83. The van der Waals surface area contributed by atoms with E-state index in [1.165, 1.54) is 19.3 Å². The van der Waals surface area contributed by atoms with Crippen molar-refractivity contribution in [3.8, 4) is 0 Å². The summed E-state index contributed by atoms with van der Waals surface area (Å²) in [7, 11) is 0. The number of halogens is 1. The van der Waals surface area contributed by atoms with Crippen LogP contribution in [0.4, 0.5) is 0 Å². The van der Waals surface area contributed by atoms with Crippen LogP contribution in [0.3, 0.4) is 0 Å². The molecular weight excluding hydrogens is 274 g/mol. The van der Waals surface area contributed by atoms with Gasteiger partial charge >= 0.3 is 5.97 Å². The molecule has 2 N–H and O–H groups in total. The van der Waals surface area contributed by atoms with Crippen molar-refractivity contribution in [1.82, 2.24) is 5.32 Å². The Kier molecular flexibility index (Phi) is 10.9. The minimum absolute atomic E-state index is 0. The Balaban J connectivity index is 0.00000361. The Hall–Kier alpha value is -0.540. The Morgan fingerprint density at radius 1 is 1.35 bits per heavy atom. The summed E-state index contributed by atoms with van der Waals surface area (Å²) < 4.78 is 0. The maximum absolute atomic E-state index is 11.4. The highest BCUT2D eigenvalue weighted by molar-refractivity contribution is 5.85. The van der Waals surface area contributed by atoms with Crippen LogP contribution in [0.1, 0.15) is 64.7 Å². The lowest BCUT2D eigenvalue weighted by Gasteiger charge is -2.30. The average molecular weight is 304 g/mol. The number of unbranched alkanes of at least 4 members (excludes halogenated alkanes) is 2. The SMILES string of the molecule is C=CCCCC[C@H](C)NC(C(=O)O)C1CCCCC1.Cl. The van der Waals surface area contributed by atoms with Crippen LogP contribution in [-0.4, -0.2) is 23.2 Å². The van der Waals surface area contributed by atoms with Crippen LogP contribution in [0, 0.1) is 5.92 Å². The van der Waals surface area contributed by atoms with Crippen molar-refractivity contribution in [2.24, 2.45) is 5.92 Å². The summed E-state index contributed by atoms with van der Waals surface area (Å²) in [5.74, 6) is -0.355. The van der Waals surface area contributed by atoms with E-state index in [2.05, 4.69) is 18.8 Å². The maximum atomic E-state index is 11.4. The first-order valence-electron chi connectivity index (χ1n) is 7.75. The third kappa shape index (κ3) is 7.30. The number of rotatable bonds is 9. The largest absolute Gasteiger partial charge is 0.480 e. The fourth-order valence-electron chi connectivity index (χ4n) is 3.01. The van der Waals surface area contributed by atoms with Gasteiger partial charge in [-0.05, 0) is 44.9 Å². The quantitative estimate of drug-likeness (QED) is 0.496. The average Bonchev–Trinajstić information content (AvgIpc) is 2.41. The van der Waals surface area contributed by atoms with Gasteiger partial charge in [-0.25, -0.2) is 0 Å². The van der Waals surface area contributed by atoms with Crippen molar-refractivity contribution < 1.29 is 9.90 Å². The van der Waals surface area contributed by atoms with Crippen molar-refractivity contribution in [1.29, 1.82) is 0 Å². The summed E-state index contributed by atoms with van der Waals surface area (Å²) in [5.41, 5.74) is 0. The molecule has 1 aliphatic carbocycles. The van der Waals surface area contributed by atoms with Gasteiger partial charge in [-0.3, -0.25) is 4.79 Å². The van der Waals surface area contributed by atoms with Crippen molar-refractivity contribution in [2.45, 2.75) is 76.8 Å². The van der Waals surface area contributed by atoms with Gasteiger partial charge in [0.15, 0.2) is 0 Å². The fourth-order valence-corrected chi connectivity index (χ4v) is 3.01. The molecule has 0 saturated heterocycles. The highest BCUT2D eigenvalue weighted by Crippen LogP contribution is 2.27. The lowest BCUT2D eigenvalue weighted by molar-refractivity contribution is -0.141. The van der Waals surface area contributed by atoms with E-state index in [-0.39, 0.29) is 24.5 Å². The van der Waals surface area contributed by atoms with Gasteiger partial charge in [0.1, 0.15) is 6.04 Å². The first-order chi connectivity index (χ1) is 9.15.